The lowest BCUT2D eigenvalue weighted by Crippen LogP contribution is -2.10. The third kappa shape index (κ3) is 6.94. The Balaban J connectivity index is 1.47. The van der Waals surface area contributed by atoms with Gasteiger partial charge in [0.15, 0.2) is 0 Å². The van der Waals surface area contributed by atoms with E-state index in [0.29, 0.717) is 5.57 Å². The number of aryl methyl sites for hydroxylation is 2. The Hall–Kier alpha value is -5.15. The molecule has 0 aromatic heterocycles. The van der Waals surface area contributed by atoms with Gasteiger partial charge in [0.1, 0.15) is 6.61 Å². The van der Waals surface area contributed by atoms with Gasteiger partial charge in [-0.2, -0.15) is 0 Å². The molecular formula is C39H35NO2. The Morgan fingerprint density at radius 1 is 0.667 bits per heavy atom. The normalized spacial score (nSPS) is 10.5. The topological polar surface area (TPSA) is 29.5 Å². The number of hydrogen-bond donors (Lipinski definition) is 0. The molecule has 0 fully saturated rings. The minimum Gasteiger partial charge on any atom is -0.457 e. The number of rotatable bonds is 9. The van der Waals surface area contributed by atoms with Crippen molar-refractivity contribution >= 4 is 34.7 Å². The van der Waals surface area contributed by atoms with Crippen molar-refractivity contribution in [1.82, 2.24) is 0 Å². The maximum absolute atomic E-state index is 11.8. The van der Waals surface area contributed by atoms with Gasteiger partial charge in [0, 0.05) is 22.6 Å². The van der Waals surface area contributed by atoms with Crippen LogP contribution in [0.1, 0.15) is 40.3 Å². The Morgan fingerprint density at radius 3 is 1.64 bits per heavy atom. The molecule has 0 atom stereocenters. The minimum absolute atomic E-state index is 0.211. The molecule has 0 saturated carbocycles. The average Bonchev–Trinajstić information content (AvgIpc) is 3.02. The molecule has 3 heteroatoms. The monoisotopic (exact) mass is 549 g/mol. The molecule has 5 aromatic carbocycles. The van der Waals surface area contributed by atoms with Crippen molar-refractivity contribution in [3.05, 3.63) is 173 Å². The SMILES string of the molecule is C=C(C)C(=O)OCc1ccc(N(c2ccccc2)c2ccc(C=C(c3ccc(C)cc3)c3ccc(C)cc3)cc2)cc1. The molecule has 0 aliphatic heterocycles. The molecule has 0 aliphatic rings. The molecule has 0 aliphatic carbocycles. The number of nitrogens with zero attached hydrogens (tertiary/aromatic N) is 1. The first-order valence-corrected chi connectivity index (χ1v) is 14.1. The first-order valence-electron chi connectivity index (χ1n) is 14.1. The number of esters is 1. The third-order valence-electron chi connectivity index (χ3n) is 7.11. The summed E-state index contributed by atoms with van der Waals surface area (Å²) in [6, 6.07) is 44.4. The van der Waals surface area contributed by atoms with Gasteiger partial charge in [-0.15, -0.1) is 0 Å². The van der Waals surface area contributed by atoms with Gasteiger partial charge in [-0.25, -0.2) is 4.79 Å². The van der Waals surface area contributed by atoms with Crippen molar-refractivity contribution in [2.24, 2.45) is 0 Å². The van der Waals surface area contributed by atoms with Crippen molar-refractivity contribution < 1.29 is 9.53 Å². The Morgan fingerprint density at radius 2 is 1.14 bits per heavy atom. The maximum atomic E-state index is 11.8. The smallest absolute Gasteiger partial charge is 0.333 e. The van der Waals surface area contributed by atoms with E-state index >= 15 is 0 Å². The molecule has 0 amide bonds. The van der Waals surface area contributed by atoms with E-state index in [1.54, 1.807) is 6.92 Å². The molecule has 0 heterocycles. The second kappa shape index (κ2) is 13.0. The number of para-hydroxylation sites is 1. The zero-order valence-electron chi connectivity index (χ0n) is 24.4. The lowest BCUT2D eigenvalue weighted by molar-refractivity contribution is -0.140. The summed E-state index contributed by atoms with van der Waals surface area (Å²) in [7, 11) is 0. The minimum atomic E-state index is -0.382. The highest BCUT2D eigenvalue weighted by Gasteiger charge is 2.13. The van der Waals surface area contributed by atoms with Crippen molar-refractivity contribution in [2.45, 2.75) is 27.4 Å². The van der Waals surface area contributed by atoms with Crippen LogP contribution < -0.4 is 4.90 Å². The largest absolute Gasteiger partial charge is 0.457 e. The van der Waals surface area contributed by atoms with Crippen LogP contribution in [0.2, 0.25) is 0 Å². The highest BCUT2D eigenvalue weighted by atomic mass is 16.5. The fraction of sp³-hybridized carbons (Fsp3) is 0.103. The van der Waals surface area contributed by atoms with Gasteiger partial charge in [0.2, 0.25) is 0 Å². The summed E-state index contributed by atoms with van der Waals surface area (Å²) in [5.41, 5.74) is 11.6. The molecule has 0 saturated heterocycles. The molecule has 0 N–H and O–H groups in total. The van der Waals surface area contributed by atoms with E-state index in [2.05, 4.69) is 128 Å². The zero-order chi connectivity index (χ0) is 29.5. The molecule has 42 heavy (non-hydrogen) atoms. The summed E-state index contributed by atoms with van der Waals surface area (Å²) in [6.07, 6.45) is 2.26. The molecule has 0 bridgehead atoms. The lowest BCUT2D eigenvalue weighted by atomic mass is 9.94. The molecule has 3 nitrogen and oxygen atoms in total. The second-order valence-electron chi connectivity index (χ2n) is 10.6. The Labute approximate surface area is 249 Å². The van der Waals surface area contributed by atoms with Crippen LogP contribution in [0.3, 0.4) is 0 Å². The van der Waals surface area contributed by atoms with Crippen molar-refractivity contribution in [2.75, 3.05) is 4.90 Å². The van der Waals surface area contributed by atoms with Crippen LogP contribution in [0.25, 0.3) is 11.6 Å². The molecule has 0 unspecified atom stereocenters. The van der Waals surface area contributed by atoms with Crippen molar-refractivity contribution in [1.29, 1.82) is 0 Å². The highest BCUT2D eigenvalue weighted by molar-refractivity contribution is 5.92. The van der Waals surface area contributed by atoms with Gasteiger partial charge in [-0.05, 0) is 91.1 Å². The summed E-state index contributed by atoms with van der Waals surface area (Å²) in [5, 5.41) is 0. The number of ether oxygens (including phenoxy) is 1. The number of carbonyl (C=O) groups is 1. The second-order valence-corrected chi connectivity index (χ2v) is 10.6. The van der Waals surface area contributed by atoms with E-state index in [1.165, 1.54) is 27.8 Å². The number of carbonyl (C=O) groups excluding carboxylic acids is 1. The van der Waals surface area contributed by atoms with E-state index in [-0.39, 0.29) is 12.6 Å². The quantitative estimate of drug-likeness (QED) is 0.104. The van der Waals surface area contributed by atoms with Crippen molar-refractivity contribution in [3.8, 4) is 0 Å². The van der Waals surface area contributed by atoms with Gasteiger partial charge in [-0.1, -0.05) is 109 Å². The highest BCUT2D eigenvalue weighted by Crippen LogP contribution is 2.35. The fourth-order valence-corrected chi connectivity index (χ4v) is 4.72. The zero-order valence-corrected chi connectivity index (χ0v) is 24.4. The standard InChI is InChI=1S/C39H35NO2/c1-28(2)39(41)42-27-32-16-24-37(25-17-32)40(35-8-6-5-7-9-35)36-22-14-31(15-23-36)26-38(33-18-10-29(3)11-19-33)34-20-12-30(4)13-21-34/h5-26H,1,27H2,2-4H3. The average molecular weight is 550 g/mol. The van der Waals surface area contributed by atoms with E-state index in [9.17, 15) is 4.79 Å². The van der Waals surface area contributed by atoms with Crippen LogP contribution in [0, 0.1) is 13.8 Å². The maximum Gasteiger partial charge on any atom is 0.333 e. The molecule has 0 spiro atoms. The van der Waals surface area contributed by atoms with E-state index in [4.69, 9.17) is 4.74 Å². The number of hydrogen-bond acceptors (Lipinski definition) is 3. The Bertz CT molecular complexity index is 1630. The van der Waals surface area contributed by atoms with Crippen LogP contribution in [-0.4, -0.2) is 5.97 Å². The van der Waals surface area contributed by atoms with E-state index < -0.39 is 0 Å². The van der Waals surface area contributed by atoms with Gasteiger partial charge in [0.25, 0.3) is 0 Å². The van der Waals surface area contributed by atoms with Crippen LogP contribution in [0.4, 0.5) is 17.1 Å². The molecular weight excluding hydrogens is 514 g/mol. The van der Waals surface area contributed by atoms with Gasteiger partial charge in [0.05, 0.1) is 0 Å². The molecule has 5 aromatic rings. The number of anilines is 3. The predicted octanol–water partition coefficient (Wildman–Crippen LogP) is 9.98. The van der Waals surface area contributed by atoms with Gasteiger partial charge >= 0.3 is 5.97 Å². The summed E-state index contributed by atoms with van der Waals surface area (Å²) in [4.78, 5) is 14.0. The van der Waals surface area contributed by atoms with Crippen LogP contribution in [0.15, 0.2) is 140 Å². The van der Waals surface area contributed by atoms with Crippen molar-refractivity contribution in [3.63, 3.8) is 0 Å². The fourth-order valence-electron chi connectivity index (χ4n) is 4.72. The summed E-state index contributed by atoms with van der Waals surface area (Å²) in [6.45, 7) is 9.73. The summed E-state index contributed by atoms with van der Waals surface area (Å²) >= 11 is 0. The third-order valence-corrected chi connectivity index (χ3v) is 7.11. The molecule has 208 valence electrons. The van der Waals surface area contributed by atoms with E-state index in [1.807, 2.05) is 30.3 Å². The Kier molecular flexibility index (Phi) is 8.79. The first-order chi connectivity index (χ1) is 20.4. The van der Waals surface area contributed by atoms with Crippen LogP contribution in [-0.2, 0) is 16.1 Å². The predicted molar refractivity (Wildman–Crippen MR) is 175 cm³/mol. The van der Waals surface area contributed by atoms with Gasteiger partial charge < -0.3 is 9.64 Å². The van der Waals surface area contributed by atoms with Crippen LogP contribution in [0.5, 0.6) is 0 Å². The van der Waals surface area contributed by atoms with Crippen LogP contribution >= 0.6 is 0 Å². The van der Waals surface area contributed by atoms with E-state index in [0.717, 1.165) is 28.2 Å². The lowest BCUT2D eigenvalue weighted by Gasteiger charge is -2.25. The van der Waals surface area contributed by atoms with Gasteiger partial charge in [-0.3, -0.25) is 0 Å². The molecule has 0 radical (unpaired) electrons. The summed E-state index contributed by atoms with van der Waals surface area (Å²) < 4.78 is 5.32. The molecule has 5 rings (SSSR count). The first kappa shape index (κ1) is 28.4. The summed E-state index contributed by atoms with van der Waals surface area (Å²) in [5.74, 6) is -0.382. The number of benzene rings is 5.